The highest BCUT2D eigenvalue weighted by Crippen LogP contribution is 2.14. The second-order valence-corrected chi connectivity index (χ2v) is 5.21. The van der Waals surface area contributed by atoms with E-state index in [2.05, 4.69) is 17.1 Å². The highest BCUT2D eigenvalue weighted by atomic mass is 35.5. The molecule has 1 heterocycles. The molecule has 94 valence electrons. The molecular weight excluding hydrogens is 243 g/mol. The van der Waals surface area contributed by atoms with Gasteiger partial charge in [-0.25, -0.2) is 0 Å². The lowest BCUT2D eigenvalue weighted by atomic mass is 9.99. The molecule has 1 unspecified atom stereocenters. The topological polar surface area (TPSA) is 15.3 Å². The van der Waals surface area contributed by atoms with Crippen molar-refractivity contribution in [1.82, 2.24) is 10.2 Å². The molecule has 1 rings (SSSR count). The smallest absolute Gasteiger partial charge is 0.0434 e. The summed E-state index contributed by atoms with van der Waals surface area (Å²) in [7, 11) is 0. The Balaban J connectivity index is 2.36. The maximum atomic E-state index is 5.99. The molecule has 0 aromatic heterocycles. The van der Waals surface area contributed by atoms with Crippen LogP contribution in [0.1, 0.15) is 26.2 Å². The van der Waals surface area contributed by atoms with E-state index < -0.39 is 0 Å². The number of nitrogens with zero attached hydrogens (tertiary/aromatic N) is 1. The molecular formula is C12H22Cl2N2. The largest absolute Gasteiger partial charge is 0.316 e. The molecule has 1 N–H and O–H groups in total. The highest BCUT2D eigenvalue weighted by Gasteiger charge is 2.16. The fraction of sp³-hybridized carbons (Fsp3) is 0.833. The fourth-order valence-corrected chi connectivity index (χ4v) is 2.48. The SMILES string of the molecule is CCCN(CC(Cl)=CCl)CC1CCCNC1. The van der Waals surface area contributed by atoms with Gasteiger partial charge < -0.3 is 5.32 Å². The number of halogens is 2. The summed E-state index contributed by atoms with van der Waals surface area (Å²) in [6, 6.07) is 0. The van der Waals surface area contributed by atoms with Crippen LogP contribution in [-0.4, -0.2) is 37.6 Å². The molecule has 0 aliphatic carbocycles. The zero-order valence-electron chi connectivity index (χ0n) is 10.0. The third-order valence-electron chi connectivity index (χ3n) is 2.95. The van der Waals surface area contributed by atoms with Crippen molar-refractivity contribution in [3.63, 3.8) is 0 Å². The van der Waals surface area contributed by atoms with E-state index in [9.17, 15) is 0 Å². The van der Waals surface area contributed by atoms with Crippen molar-refractivity contribution in [2.24, 2.45) is 5.92 Å². The third kappa shape index (κ3) is 5.53. The molecule has 0 aromatic carbocycles. The van der Waals surface area contributed by atoms with Crippen molar-refractivity contribution in [2.45, 2.75) is 26.2 Å². The van der Waals surface area contributed by atoms with Gasteiger partial charge in [-0.3, -0.25) is 4.90 Å². The van der Waals surface area contributed by atoms with Gasteiger partial charge in [-0.1, -0.05) is 30.1 Å². The summed E-state index contributed by atoms with van der Waals surface area (Å²) < 4.78 is 0. The number of rotatable bonds is 6. The Morgan fingerprint density at radius 1 is 1.56 bits per heavy atom. The van der Waals surface area contributed by atoms with Crippen LogP contribution in [0.3, 0.4) is 0 Å². The average molecular weight is 265 g/mol. The first-order chi connectivity index (χ1) is 7.76. The Bertz CT molecular complexity index is 213. The average Bonchev–Trinajstić information content (AvgIpc) is 2.30. The summed E-state index contributed by atoms with van der Waals surface area (Å²) in [6.45, 7) is 7.52. The van der Waals surface area contributed by atoms with Crippen molar-refractivity contribution in [1.29, 1.82) is 0 Å². The van der Waals surface area contributed by atoms with Crippen LogP contribution in [0.2, 0.25) is 0 Å². The van der Waals surface area contributed by atoms with Crippen LogP contribution in [0, 0.1) is 5.92 Å². The zero-order chi connectivity index (χ0) is 11.8. The molecule has 1 aliphatic rings. The van der Waals surface area contributed by atoms with E-state index in [0.29, 0.717) is 0 Å². The van der Waals surface area contributed by atoms with E-state index in [1.165, 1.54) is 24.9 Å². The monoisotopic (exact) mass is 264 g/mol. The lowest BCUT2D eigenvalue weighted by Gasteiger charge is -2.29. The summed E-state index contributed by atoms with van der Waals surface area (Å²) in [6.07, 6.45) is 3.78. The van der Waals surface area contributed by atoms with Crippen molar-refractivity contribution in [2.75, 3.05) is 32.7 Å². The summed E-state index contributed by atoms with van der Waals surface area (Å²) in [5, 5.41) is 4.18. The van der Waals surface area contributed by atoms with E-state index in [4.69, 9.17) is 23.2 Å². The molecule has 0 saturated carbocycles. The van der Waals surface area contributed by atoms with Gasteiger partial charge in [-0.05, 0) is 44.8 Å². The number of hydrogen-bond acceptors (Lipinski definition) is 2. The molecule has 16 heavy (non-hydrogen) atoms. The van der Waals surface area contributed by atoms with Gasteiger partial charge in [0.25, 0.3) is 0 Å². The minimum atomic E-state index is 0.735. The molecule has 0 amide bonds. The first kappa shape index (κ1) is 14.3. The van der Waals surface area contributed by atoms with Gasteiger partial charge in [0.15, 0.2) is 0 Å². The molecule has 2 nitrogen and oxygen atoms in total. The van der Waals surface area contributed by atoms with Crippen LogP contribution in [0.25, 0.3) is 0 Å². The molecule has 0 bridgehead atoms. The standard InChI is InChI=1S/C12H22Cl2N2/c1-2-6-16(10-12(14)7-13)9-11-4-3-5-15-8-11/h7,11,15H,2-6,8-10H2,1H3. The third-order valence-corrected chi connectivity index (χ3v) is 3.55. The van der Waals surface area contributed by atoms with E-state index >= 15 is 0 Å². The summed E-state index contributed by atoms with van der Waals surface area (Å²) >= 11 is 11.6. The second-order valence-electron chi connectivity index (χ2n) is 4.50. The van der Waals surface area contributed by atoms with E-state index in [0.717, 1.165) is 43.6 Å². The van der Waals surface area contributed by atoms with Crippen molar-refractivity contribution in [3.8, 4) is 0 Å². The summed E-state index contributed by atoms with van der Waals surface area (Å²) in [5.41, 5.74) is 1.48. The molecule has 1 saturated heterocycles. The van der Waals surface area contributed by atoms with Crippen molar-refractivity contribution in [3.05, 3.63) is 10.6 Å². The molecule has 1 atom stereocenters. The van der Waals surface area contributed by atoms with Gasteiger partial charge >= 0.3 is 0 Å². The second kappa shape index (κ2) is 8.35. The highest BCUT2D eigenvalue weighted by molar-refractivity contribution is 6.36. The van der Waals surface area contributed by atoms with Crippen LogP contribution in [0.4, 0.5) is 0 Å². The normalized spacial score (nSPS) is 22.8. The van der Waals surface area contributed by atoms with Gasteiger partial charge in [0, 0.05) is 23.7 Å². The fourth-order valence-electron chi connectivity index (χ4n) is 2.24. The predicted molar refractivity (Wildman–Crippen MR) is 72.1 cm³/mol. The minimum absolute atomic E-state index is 0.735. The molecule has 0 radical (unpaired) electrons. The quantitative estimate of drug-likeness (QED) is 0.794. The number of hydrogen-bond donors (Lipinski definition) is 1. The van der Waals surface area contributed by atoms with E-state index in [1.807, 2.05) is 0 Å². The Kier molecular flexibility index (Phi) is 7.46. The minimum Gasteiger partial charge on any atom is -0.316 e. The zero-order valence-corrected chi connectivity index (χ0v) is 11.5. The Morgan fingerprint density at radius 3 is 2.94 bits per heavy atom. The first-order valence-electron chi connectivity index (χ1n) is 6.14. The van der Waals surface area contributed by atoms with Crippen LogP contribution >= 0.6 is 23.2 Å². The van der Waals surface area contributed by atoms with Gasteiger partial charge in [0.1, 0.15) is 0 Å². The van der Waals surface area contributed by atoms with Gasteiger partial charge in [0.05, 0.1) is 0 Å². The van der Waals surface area contributed by atoms with Gasteiger partial charge in [-0.15, -0.1) is 0 Å². The van der Waals surface area contributed by atoms with Crippen molar-refractivity contribution >= 4 is 23.2 Å². The molecule has 4 heteroatoms. The van der Waals surface area contributed by atoms with Crippen molar-refractivity contribution < 1.29 is 0 Å². The first-order valence-corrected chi connectivity index (χ1v) is 6.95. The van der Waals surface area contributed by atoms with Crippen LogP contribution in [-0.2, 0) is 0 Å². The van der Waals surface area contributed by atoms with Crippen LogP contribution < -0.4 is 5.32 Å². The maximum Gasteiger partial charge on any atom is 0.0434 e. The summed E-state index contributed by atoms with van der Waals surface area (Å²) in [5.74, 6) is 0.764. The lowest BCUT2D eigenvalue weighted by molar-refractivity contribution is 0.224. The Hall–Kier alpha value is 0.240. The lowest BCUT2D eigenvalue weighted by Crippen LogP contribution is -2.39. The Labute approximate surface area is 109 Å². The van der Waals surface area contributed by atoms with E-state index in [-0.39, 0.29) is 0 Å². The van der Waals surface area contributed by atoms with Crippen LogP contribution in [0.5, 0.6) is 0 Å². The molecule has 0 spiro atoms. The molecule has 1 aliphatic heterocycles. The number of piperidine rings is 1. The Morgan fingerprint density at radius 2 is 2.38 bits per heavy atom. The van der Waals surface area contributed by atoms with Gasteiger partial charge in [0.2, 0.25) is 0 Å². The van der Waals surface area contributed by atoms with E-state index in [1.54, 1.807) is 0 Å². The summed E-state index contributed by atoms with van der Waals surface area (Å²) in [4.78, 5) is 2.40. The maximum absolute atomic E-state index is 5.99. The molecule has 1 fully saturated rings. The van der Waals surface area contributed by atoms with Crippen LogP contribution in [0.15, 0.2) is 10.6 Å². The predicted octanol–water partition coefficient (Wildman–Crippen LogP) is 3.02. The molecule has 0 aromatic rings. The van der Waals surface area contributed by atoms with Gasteiger partial charge in [-0.2, -0.15) is 0 Å². The number of nitrogens with one attached hydrogen (secondary N) is 1.